The van der Waals surface area contributed by atoms with Crippen LogP contribution in [0.25, 0.3) is 16.1 Å². The molecule has 3 aromatic rings. The third-order valence-corrected chi connectivity index (χ3v) is 5.52. The van der Waals surface area contributed by atoms with Gasteiger partial charge in [-0.15, -0.1) is 4.98 Å². The van der Waals surface area contributed by atoms with Crippen molar-refractivity contribution in [1.82, 2.24) is 25.1 Å². The molecule has 1 aliphatic heterocycles. The minimum Gasteiger partial charge on any atom is -0.496 e. The molecule has 1 saturated heterocycles. The van der Waals surface area contributed by atoms with Gasteiger partial charge in [-0.2, -0.15) is 5.10 Å². The number of H-pyrrole nitrogens is 1. The monoisotopic (exact) mass is 403 g/mol. The Hall–Kier alpha value is -3.44. The number of likely N-dealkylation sites (tertiary alicyclic amines) is 1. The second kappa shape index (κ2) is 8.93. The van der Waals surface area contributed by atoms with Crippen LogP contribution in [0.15, 0.2) is 36.7 Å². The Morgan fingerprint density at radius 2 is 2.17 bits per heavy atom. The summed E-state index contributed by atoms with van der Waals surface area (Å²) >= 11 is 0. The average molecular weight is 403 g/mol. The standard InChI is InChI=1S/C22H25N7O/c1-4-29-9-5-6-16(29)10-15-7-8-17(19(11-15)30-3)18-12-20(28-27-18)26-22-14-24-21(23-2)13-25-22/h7-8,11-14,16H,4-6,9-10H2,1,3H3,(H2,25,26,27,28)/t16-/m1/s1. The van der Waals surface area contributed by atoms with E-state index in [2.05, 4.69) is 60.3 Å². The van der Waals surface area contributed by atoms with E-state index >= 15 is 0 Å². The molecule has 0 unspecified atom stereocenters. The van der Waals surface area contributed by atoms with E-state index < -0.39 is 0 Å². The molecule has 0 amide bonds. The summed E-state index contributed by atoms with van der Waals surface area (Å²) in [5, 5.41) is 10.4. The van der Waals surface area contributed by atoms with E-state index in [1.165, 1.54) is 37.3 Å². The van der Waals surface area contributed by atoms with Crippen LogP contribution in [0.3, 0.4) is 0 Å². The van der Waals surface area contributed by atoms with Gasteiger partial charge in [0.05, 0.1) is 19.0 Å². The summed E-state index contributed by atoms with van der Waals surface area (Å²) in [6.07, 6.45) is 6.52. The average Bonchev–Trinajstić information content (AvgIpc) is 3.43. The molecule has 1 aliphatic rings. The van der Waals surface area contributed by atoms with Gasteiger partial charge in [0.1, 0.15) is 5.75 Å². The summed E-state index contributed by atoms with van der Waals surface area (Å²) in [5.41, 5.74) is 3.09. The Bertz CT molecular complexity index is 1040. The van der Waals surface area contributed by atoms with E-state index in [1.54, 1.807) is 7.11 Å². The van der Waals surface area contributed by atoms with Crippen LogP contribution in [-0.2, 0) is 6.42 Å². The number of likely N-dealkylation sites (N-methyl/N-ethyl adjacent to an activating group) is 1. The van der Waals surface area contributed by atoms with Crippen LogP contribution in [0.4, 0.5) is 17.5 Å². The number of hydrogen-bond donors (Lipinski definition) is 2. The Morgan fingerprint density at radius 3 is 2.90 bits per heavy atom. The maximum absolute atomic E-state index is 6.94. The number of ether oxygens (including phenoxy) is 1. The number of rotatable bonds is 7. The van der Waals surface area contributed by atoms with Crippen LogP contribution in [0.2, 0.25) is 0 Å². The van der Waals surface area contributed by atoms with Gasteiger partial charge in [0, 0.05) is 17.7 Å². The molecule has 154 valence electrons. The minimum absolute atomic E-state index is 0.257. The topological polar surface area (TPSA) is 83.3 Å². The second-order valence-electron chi connectivity index (χ2n) is 7.33. The molecular formula is C22H25N7O. The smallest absolute Gasteiger partial charge is 0.288 e. The number of aromatic nitrogens is 4. The fourth-order valence-corrected chi connectivity index (χ4v) is 4.00. The lowest BCUT2D eigenvalue weighted by Gasteiger charge is -2.23. The van der Waals surface area contributed by atoms with Crippen LogP contribution in [0.1, 0.15) is 25.3 Å². The first kappa shape index (κ1) is 19.9. The summed E-state index contributed by atoms with van der Waals surface area (Å²) in [5.74, 6) is 2.23. The van der Waals surface area contributed by atoms with E-state index in [9.17, 15) is 0 Å². The summed E-state index contributed by atoms with van der Waals surface area (Å²) in [6, 6.07) is 8.90. The van der Waals surface area contributed by atoms with Gasteiger partial charge >= 0.3 is 0 Å². The molecular weight excluding hydrogens is 378 g/mol. The lowest BCUT2D eigenvalue weighted by Crippen LogP contribution is -2.30. The third kappa shape index (κ3) is 4.26. The molecule has 4 rings (SSSR count). The maximum Gasteiger partial charge on any atom is 0.288 e. The van der Waals surface area contributed by atoms with Crippen molar-refractivity contribution >= 4 is 17.5 Å². The van der Waals surface area contributed by atoms with Crippen molar-refractivity contribution in [3.63, 3.8) is 0 Å². The number of benzene rings is 1. The second-order valence-corrected chi connectivity index (χ2v) is 7.33. The van der Waals surface area contributed by atoms with E-state index in [0.29, 0.717) is 17.7 Å². The molecule has 1 atom stereocenters. The molecule has 30 heavy (non-hydrogen) atoms. The number of hydrogen-bond acceptors (Lipinski definition) is 6. The van der Waals surface area contributed by atoms with Gasteiger partial charge in [-0.3, -0.25) is 5.10 Å². The Morgan fingerprint density at radius 1 is 1.27 bits per heavy atom. The molecule has 0 aliphatic carbocycles. The first-order valence-corrected chi connectivity index (χ1v) is 10.1. The molecule has 0 radical (unpaired) electrons. The lowest BCUT2D eigenvalue weighted by molar-refractivity contribution is 0.266. The van der Waals surface area contributed by atoms with Gasteiger partial charge in [-0.25, -0.2) is 4.98 Å². The van der Waals surface area contributed by atoms with Crippen molar-refractivity contribution < 1.29 is 4.74 Å². The van der Waals surface area contributed by atoms with E-state index in [1.807, 2.05) is 6.07 Å². The largest absolute Gasteiger partial charge is 0.496 e. The molecule has 1 aromatic carbocycles. The van der Waals surface area contributed by atoms with Crippen molar-refractivity contribution in [2.45, 2.75) is 32.2 Å². The molecule has 2 aromatic heterocycles. The van der Waals surface area contributed by atoms with Gasteiger partial charge < -0.3 is 19.8 Å². The van der Waals surface area contributed by atoms with Crippen molar-refractivity contribution in [2.75, 3.05) is 25.5 Å². The number of anilines is 2. The van der Waals surface area contributed by atoms with Crippen molar-refractivity contribution in [1.29, 1.82) is 0 Å². The molecule has 0 bridgehead atoms. The number of methoxy groups -OCH3 is 1. The number of nitrogens with zero attached hydrogens (tertiary/aromatic N) is 5. The molecule has 8 heteroatoms. The van der Waals surface area contributed by atoms with Crippen molar-refractivity contribution in [3.8, 4) is 17.0 Å². The highest BCUT2D eigenvalue weighted by Crippen LogP contribution is 2.32. The number of nitrogens with one attached hydrogen (secondary N) is 2. The van der Waals surface area contributed by atoms with Crippen LogP contribution in [-0.4, -0.2) is 51.3 Å². The van der Waals surface area contributed by atoms with E-state index in [0.717, 1.165) is 30.0 Å². The van der Waals surface area contributed by atoms with E-state index in [4.69, 9.17) is 11.3 Å². The number of aromatic amines is 1. The molecule has 8 nitrogen and oxygen atoms in total. The summed E-state index contributed by atoms with van der Waals surface area (Å²) < 4.78 is 5.68. The zero-order chi connectivity index (χ0) is 20.9. The third-order valence-electron chi connectivity index (χ3n) is 5.52. The zero-order valence-corrected chi connectivity index (χ0v) is 17.2. The predicted octanol–water partition coefficient (Wildman–Crippen LogP) is 4.20. The minimum atomic E-state index is 0.257. The summed E-state index contributed by atoms with van der Waals surface area (Å²) in [6.45, 7) is 11.5. The molecule has 2 N–H and O–H groups in total. The summed E-state index contributed by atoms with van der Waals surface area (Å²) in [4.78, 5) is 14.0. The maximum atomic E-state index is 6.94. The SMILES string of the molecule is [C-]#[N+]c1cnc(Nc2cc(-c3ccc(C[C@H]4CCCN4CC)cc3OC)[nH]n2)cn1. The molecule has 0 spiro atoms. The fourth-order valence-electron chi connectivity index (χ4n) is 4.00. The highest BCUT2D eigenvalue weighted by Gasteiger charge is 2.23. The Labute approximate surface area is 176 Å². The molecule has 0 saturated carbocycles. The summed E-state index contributed by atoms with van der Waals surface area (Å²) in [7, 11) is 1.69. The lowest BCUT2D eigenvalue weighted by atomic mass is 10.0. The van der Waals surface area contributed by atoms with Crippen LogP contribution < -0.4 is 10.1 Å². The quantitative estimate of drug-likeness (QED) is 0.576. The van der Waals surface area contributed by atoms with Gasteiger partial charge in [0.25, 0.3) is 5.82 Å². The van der Waals surface area contributed by atoms with Crippen LogP contribution in [0.5, 0.6) is 5.75 Å². The van der Waals surface area contributed by atoms with Gasteiger partial charge in [-0.05, 0) is 50.0 Å². The van der Waals surface area contributed by atoms with Crippen molar-refractivity contribution in [2.24, 2.45) is 0 Å². The van der Waals surface area contributed by atoms with Gasteiger partial charge in [0.2, 0.25) is 0 Å². The highest BCUT2D eigenvalue weighted by molar-refractivity contribution is 5.71. The zero-order valence-electron chi connectivity index (χ0n) is 17.2. The first-order valence-electron chi connectivity index (χ1n) is 10.1. The highest BCUT2D eigenvalue weighted by atomic mass is 16.5. The first-order chi connectivity index (χ1) is 14.7. The Balaban J connectivity index is 1.50. The Kier molecular flexibility index (Phi) is 5.91. The van der Waals surface area contributed by atoms with Crippen LogP contribution in [0, 0.1) is 6.57 Å². The predicted molar refractivity (Wildman–Crippen MR) is 116 cm³/mol. The van der Waals surface area contributed by atoms with Gasteiger partial charge in [-0.1, -0.05) is 19.6 Å². The van der Waals surface area contributed by atoms with E-state index in [-0.39, 0.29) is 5.82 Å². The molecule has 1 fully saturated rings. The van der Waals surface area contributed by atoms with Crippen LogP contribution >= 0.6 is 0 Å². The normalized spacial score (nSPS) is 16.4. The van der Waals surface area contributed by atoms with Crippen molar-refractivity contribution in [3.05, 3.63) is 53.6 Å². The fraction of sp³-hybridized carbons (Fsp3) is 0.364. The van der Waals surface area contributed by atoms with Gasteiger partial charge in [0.15, 0.2) is 17.8 Å². The molecule has 3 heterocycles.